The Labute approximate surface area is 160 Å². The number of carbonyl (C=O) groups is 2. The Morgan fingerprint density at radius 3 is 2.41 bits per heavy atom. The van der Waals surface area contributed by atoms with Crippen LogP contribution in [-0.4, -0.2) is 44.6 Å². The summed E-state index contributed by atoms with van der Waals surface area (Å²) >= 11 is 1.29. The number of nitrogens with zero attached hydrogens (tertiary/aromatic N) is 4. The number of hydrogen-bond donors (Lipinski definition) is 0. The molecule has 136 valence electrons. The maximum atomic E-state index is 13.0. The van der Waals surface area contributed by atoms with Crippen LogP contribution in [-0.2, 0) is 4.74 Å². The van der Waals surface area contributed by atoms with Crippen LogP contribution >= 0.6 is 11.8 Å². The van der Waals surface area contributed by atoms with E-state index in [0.717, 1.165) is 5.56 Å². The maximum absolute atomic E-state index is 13.0. The zero-order valence-corrected chi connectivity index (χ0v) is 15.6. The van der Waals surface area contributed by atoms with E-state index in [2.05, 4.69) is 19.9 Å². The van der Waals surface area contributed by atoms with Gasteiger partial charge in [-0.3, -0.25) is 4.79 Å². The Kier molecular flexibility index (Phi) is 5.87. The molecule has 0 amide bonds. The van der Waals surface area contributed by atoms with Crippen molar-refractivity contribution in [1.29, 1.82) is 0 Å². The van der Waals surface area contributed by atoms with Crippen LogP contribution in [0.15, 0.2) is 54.1 Å². The number of rotatable bonds is 6. The zero-order chi connectivity index (χ0) is 19.2. The number of esters is 1. The summed E-state index contributed by atoms with van der Waals surface area (Å²) < 4.78 is 5.01. The number of ether oxygens (including phenoxy) is 1. The van der Waals surface area contributed by atoms with E-state index in [1.54, 1.807) is 55.9 Å². The van der Waals surface area contributed by atoms with Crippen molar-refractivity contribution in [3.8, 4) is 11.4 Å². The number of ketones is 1. The highest BCUT2D eigenvalue weighted by molar-refractivity contribution is 7.98. The molecule has 27 heavy (non-hydrogen) atoms. The molecule has 2 aromatic heterocycles. The number of carbonyl (C=O) groups excluding carboxylic acids is 2. The molecule has 7 nitrogen and oxygen atoms in total. The van der Waals surface area contributed by atoms with Crippen molar-refractivity contribution >= 4 is 23.5 Å². The smallest absolute Gasteiger partial charge is 0.342 e. The molecule has 0 atom stereocenters. The fourth-order valence-electron chi connectivity index (χ4n) is 2.35. The third-order valence-corrected chi connectivity index (χ3v) is 4.19. The Morgan fingerprint density at radius 1 is 1.07 bits per heavy atom. The average Bonchev–Trinajstić information content (AvgIpc) is 2.73. The molecule has 3 aromatic rings. The molecular weight excluding hydrogens is 364 g/mol. The Morgan fingerprint density at radius 2 is 1.78 bits per heavy atom. The molecule has 0 saturated carbocycles. The first-order chi connectivity index (χ1) is 13.1. The van der Waals surface area contributed by atoms with Crippen molar-refractivity contribution < 1.29 is 14.3 Å². The summed E-state index contributed by atoms with van der Waals surface area (Å²) in [5.74, 6) is -0.436. The predicted molar refractivity (Wildman–Crippen MR) is 101 cm³/mol. The lowest BCUT2D eigenvalue weighted by molar-refractivity contribution is 0.0522. The lowest BCUT2D eigenvalue weighted by atomic mass is 10.0. The highest BCUT2D eigenvalue weighted by Crippen LogP contribution is 2.20. The molecule has 0 radical (unpaired) electrons. The Balaban J connectivity index is 1.96. The Hall–Kier alpha value is -3.13. The highest BCUT2D eigenvalue weighted by atomic mass is 32.2. The van der Waals surface area contributed by atoms with Gasteiger partial charge in [0.05, 0.1) is 6.61 Å². The molecule has 0 aliphatic carbocycles. The molecule has 0 fully saturated rings. The number of hydrogen-bond acceptors (Lipinski definition) is 8. The van der Waals surface area contributed by atoms with Gasteiger partial charge in [0.15, 0.2) is 11.0 Å². The van der Waals surface area contributed by atoms with Gasteiger partial charge in [0.1, 0.15) is 11.3 Å². The van der Waals surface area contributed by atoms with Gasteiger partial charge in [-0.05, 0) is 19.2 Å². The second kappa shape index (κ2) is 8.50. The first-order valence-corrected chi connectivity index (χ1v) is 9.36. The van der Waals surface area contributed by atoms with E-state index >= 15 is 0 Å². The van der Waals surface area contributed by atoms with Crippen LogP contribution in [0.5, 0.6) is 0 Å². The molecule has 0 saturated heterocycles. The van der Waals surface area contributed by atoms with Crippen LogP contribution < -0.4 is 0 Å². The summed E-state index contributed by atoms with van der Waals surface area (Å²) in [6, 6.07) is 8.55. The summed E-state index contributed by atoms with van der Waals surface area (Å²) in [5, 5.41) is 0.403. The molecule has 8 heteroatoms. The van der Waals surface area contributed by atoms with Gasteiger partial charge in [0, 0.05) is 29.7 Å². The van der Waals surface area contributed by atoms with Crippen molar-refractivity contribution in [2.24, 2.45) is 0 Å². The summed E-state index contributed by atoms with van der Waals surface area (Å²) in [4.78, 5) is 41.8. The van der Waals surface area contributed by atoms with Gasteiger partial charge < -0.3 is 4.74 Å². The lowest BCUT2D eigenvalue weighted by Gasteiger charge is -2.08. The van der Waals surface area contributed by atoms with Gasteiger partial charge in [-0.1, -0.05) is 36.0 Å². The summed E-state index contributed by atoms with van der Waals surface area (Å²) in [6.07, 6.45) is 6.42. The van der Waals surface area contributed by atoms with Gasteiger partial charge in [-0.15, -0.1) is 0 Å². The SMILES string of the molecule is CCOC(=O)c1cnc(SC)nc1C(=O)c1ccc(-c2ncccn2)cc1. The maximum Gasteiger partial charge on any atom is 0.342 e. The number of aromatic nitrogens is 4. The minimum absolute atomic E-state index is 0.0245. The Bertz CT molecular complexity index is 962. The standard InChI is InChI=1S/C19H16N4O3S/c1-3-26-18(25)14-11-22-19(27-2)23-15(14)16(24)12-5-7-13(8-6-12)17-20-9-4-10-21-17/h4-11H,3H2,1-2H3. The number of benzene rings is 1. The van der Waals surface area contributed by atoms with Crippen LogP contribution in [0.3, 0.4) is 0 Å². The summed E-state index contributed by atoms with van der Waals surface area (Å²) in [5.41, 5.74) is 1.25. The van der Waals surface area contributed by atoms with Crippen molar-refractivity contribution in [1.82, 2.24) is 19.9 Å². The largest absolute Gasteiger partial charge is 0.462 e. The first-order valence-electron chi connectivity index (χ1n) is 8.14. The van der Waals surface area contributed by atoms with E-state index in [1.807, 2.05) is 0 Å². The molecule has 0 aliphatic heterocycles. The molecule has 0 bridgehead atoms. The van der Waals surface area contributed by atoms with E-state index in [9.17, 15) is 9.59 Å². The number of thioether (sulfide) groups is 1. The highest BCUT2D eigenvalue weighted by Gasteiger charge is 2.22. The second-order valence-electron chi connectivity index (χ2n) is 5.32. The van der Waals surface area contributed by atoms with Crippen LogP contribution in [0, 0.1) is 0 Å². The van der Waals surface area contributed by atoms with Gasteiger partial charge in [0.25, 0.3) is 0 Å². The molecular formula is C19H16N4O3S. The van der Waals surface area contributed by atoms with Crippen molar-refractivity contribution in [3.05, 3.63) is 65.7 Å². The fraction of sp³-hybridized carbons (Fsp3) is 0.158. The second-order valence-corrected chi connectivity index (χ2v) is 6.09. The average molecular weight is 380 g/mol. The molecule has 0 aliphatic rings. The minimum Gasteiger partial charge on any atom is -0.462 e. The third kappa shape index (κ3) is 4.17. The monoisotopic (exact) mass is 380 g/mol. The van der Waals surface area contributed by atoms with E-state index in [-0.39, 0.29) is 23.6 Å². The lowest BCUT2D eigenvalue weighted by Crippen LogP contribution is -2.16. The minimum atomic E-state index is -0.622. The van der Waals surface area contributed by atoms with E-state index in [1.165, 1.54) is 18.0 Å². The van der Waals surface area contributed by atoms with Crippen molar-refractivity contribution in [2.45, 2.75) is 12.1 Å². The van der Waals surface area contributed by atoms with Crippen LogP contribution in [0.1, 0.15) is 33.3 Å². The molecule has 0 unspecified atom stereocenters. The first kappa shape index (κ1) is 18.7. The molecule has 0 spiro atoms. The van der Waals surface area contributed by atoms with Crippen molar-refractivity contribution in [2.75, 3.05) is 12.9 Å². The molecule has 2 heterocycles. The van der Waals surface area contributed by atoms with Crippen molar-refractivity contribution in [3.63, 3.8) is 0 Å². The molecule has 3 rings (SSSR count). The van der Waals surface area contributed by atoms with Gasteiger partial charge in [-0.2, -0.15) is 0 Å². The fourth-order valence-corrected chi connectivity index (χ4v) is 2.69. The van der Waals surface area contributed by atoms with E-state index in [4.69, 9.17) is 4.74 Å². The van der Waals surface area contributed by atoms with Gasteiger partial charge >= 0.3 is 5.97 Å². The van der Waals surface area contributed by atoms with Gasteiger partial charge in [0.2, 0.25) is 5.78 Å². The topological polar surface area (TPSA) is 94.9 Å². The van der Waals surface area contributed by atoms with E-state index in [0.29, 0.717) is 16.5 Å². The van der Waals surface area contributed by atoms with E-state index < -0.39 is 5.97 Å². The summed E-state index contributed by atoms with van der Waals surface area (Å²) in [6.45, 7) is 1.89. The predicted octanol–water partition coefficient (Wildman–Crippen LogP) is 3.06. The molecule has 1 aromatic carbocycles. The third-order valence-electron chi connectivity index (χ3n) is 3.63. The quantitative estimate of drug-likeness (QED) is 0.279. The summed E-state index contributed by atoms with van der Waals surface area (Å²) in [7, 11) is 0. The molecule has 0 N–H and O–H groups in total. The van der Waals surface area contributed by atoms with Crippen LogP contribution in [0.4, 0.5) is 0 Å². The normalized spacial score (nSPS) is 10.4. The van der Waals surface area contributed by atoms with Crippen LogP contribution in [0.2, 0.25) is 0 Å². The van der Waals surface area contributed by atoms with Gasteiger partial charge in [-0.25, -0.2) is 24.7 Å². The zero-order valence-electron chi connectivity index (χ0n) is 14.7. The van der Waals surface area contributed by atoms with Crippen LogP contribution in [0.25, 0.3) is 11.4 Å².